The Morgan fingerprint density at radius 3 is 2.71 bits per heavy atom. The number of nitrogens with zero attached hydrogens (tertiary/aromatic N) is 3. The van der Waals surface area contributed by atoms with Crippen molar-refractivity contribution in [3.63, 3.8) is 0 Å². The normalized spacial score (nSPS) is 18.4. The van der Waals surface area contributed by atoms with Crippen molar-refractivity contribution in [2.75, 3.05) is 33.7 Å². The number of aromatic nitrogens is 1. The lowest BCUT2D eigenvalue weighted by Crippen LogP contribution is -2.59. The summed E-state index contributed by atoms with van der Waals surface area (Å²) in [5.41, 5.74) is 0.111. The molecule has 1 aliphatic rings. The number of nitrogens with one attached hydrogen (secondary N) is 2. The van der Waals surface area contributed by atoms with Gasteiger partial charge in [0, 0.05) is 39.8 Å². The molecule has 114 valence electrons. The topological polar surface area (TPSA) is 112 Å². The fourth-order valence-corrected chi connectivity index (χ4v) is 2.24. The van der Waals surface area contributed by atoms with E-state index < -0.39 is 16.9 Å². The number of carbonyl (C=O) groups excluding carboxylic acids is 2. The molecule has 1 atom stereocenters. The minimum absolute atomic E-state index is 0.111. The molecule has 1 unspecified atom stereocenters. The van der Waals surface area contributed by atoms with Gasteiger partial charge in [-0.05, 0) is 11.0 Å². The minimum Gasteiger partial charge on any atom is -0.358 e. The molecule has 9 heteroatoms. The zero-order valence-corrected chi connectivity index (χ0v) is 11.8. The molecule has 1 aromatic rings. The van der Waals surface area contributed by atoms with Crippen LogP contribution in [0.5, 0.6) is 0 Å². The number of rotatable bonds is 3. The predicted octanol–water partition coefficient (Wildman–Crippen LogP) is -0.575. The Hall–Kier alpha value is -2.42. The van der Waals surface area contributed by atoms with Gasteiger partial charge in [-0.25, -0.2) is 4.98 Å². The third kappa shape index (κ3) is 3.02. The Morgan fingerprint density at radius 2 is 2.14 bits per heavy atom. The molecule has 2 rings (SSSR count). The number of nitro groups is 1. The molecule has 2 heterocycles. The molecule has 1 aromatic heterocycles. The Bertz CT molecular complexity index is 568. The van der Waals surface area contributed by atoms with Gasteiger partial charge in [0.2, 0.25) is 5.91 Å². The van der Waals surface area contributed by atoms with Crippen molar-refractivity contribution in [3.8, 4) is 0 Å². The molecular formula is C12H17N5O4. The summed E-state index contributed by atoms with van der Waals surface area (Å²) in [5, 5.41) is 13.7. The van der Waals surface area contributed by atoms with Gasteiger partial charge in [-0.15, -0.1) is 0 Å². The van der Waals surface area contributed by atoms with Crippen molar-refractivity contribution in [2.24, 2.45) is 0 Å². The van der Waals surface area contributed by atoms with E-state index in [0.717, 1.165) is 0 Å². The monoisotopic (exact) mass is 295 g/mol. The fraction of sp³-hybridized carbons (Fsp3) is 0.500. The van der Waals surface area contributed by atoms with Crippen molar-refractivity contribution < 1.29 is 14.5 Å². The van der Waals surface area contributed by atoms with Crippen molar-refractivity contribution in [2.45, 2.75) is 6.04 Å². The van der Waals surface area contributed by atoms with Gasteiger partial charge < -0.3 is 25.2 Å². The number of amides is 2. The van der Waals surface area contributed by atoms with Crippen molar-refractivity contribution >= 4 is 17.6 Å². The average Bonchev–Trinajstić information content (AvgIpc) is 2.95. The first-order valence-electron chi connectivity index (χ1n) is 6.48. The molecule has 1 fully saturated rings. The standard InChI is InChI=1S/C12H17N5O4/c1-15(2)12(19)9-7-13-5-6-16(9)11(18)8-3-4-10(14-8)17(20)21/h3-4,9,13-14H,5-7H2,1-2H3. The van der Waals surface area contributed by atoms with Crippen LogP contribution in [0.3, 0.4) is 0 Å². The first-order valence-corrected chi connectivity index (χ1v) is 6.48. The number of hydrogen-bond acceptors (Lipinski definition) is 5. The fourth-order valence-electron chi connectivity index (χ4n) is 2.24. The Balaban J connectivity index is 2.21. The van der Waals surface area contributed by atoms with Gasteiger partial charge in [0.25, 0.3) is 5.91 Å². The van der Waals surface area contributed by atoms with Gasteiger partial charge in [-0.3, -0.25) is 9.59 Å². The lowest BCUT2D eigenvalue weighted by molar-refractivity contribution is -0.389. The van der Waals surface area contributed by atoms with Gasteiger partial charge >= 0.3 is 5.82 Å². The van der Waals surface area contributed by atoms with Gasteiger partial charge in [0.15, 0.2) is 5.69 Å². The quantitative estimate of drug-likeness (QED) is 0.572. The molecule has 2 amide bonds. The van der Waals surface area contributed by atoms with Crippen LogP contribution in [-0.2, 0) is 4.79 Å². The molecule has 0 bridgehead atoms. The zero-order chi connectivity index (χ0) is 15.6. The largest absolute Gasteiger partial charge is 0.358 e. The molecule has 9 nitrogen and oxygen atoms in total. The average molecular weight is 295 g/mol. The number of H-pyrrole nitrogens is 1. The van der Waals surface area contributed by atoms with E-state index in [1.807, 2.05) is 0 Å². The summed E-state index contributed by atoms with van der Waals surface area (Å²) in [6, 6.07) is 1.99. The lowest BCUT2D eigenvalue weighted by atomic mass is 10.1. The van der Waals surface area contributed by atoms with Crippen LogP contribution in [0.15, 0.2) is 12.1 Å². The van der Waals surface area contributed by atoms with Crippen molar-refractivity contribution in [1.29, 1.82) is 0 Å². The number of piperazine rings is 1. The Labute approximate surface area is 121 Å². The summed E-state index contributed by atoms with van der Waals surface area (Å²) in [7, 11) is 3.25. The van der Waals surface area contributed by atoms with E-state index >= 15 is 0 Å². The number of aromatic amines is 1. The van der Waals surface area contributed by atoms with E-state index in [-0.39, 0.29) is 17.4 Å². The smallest absolute Gasteiger partial charge is 0.321 e. The molecule has 0 spiro atoms. The van der Waals surface area contributed by atoms with Crippen LogP contribution in [0.2, 0.25) is 0 Å². The maximum Gasteiger partial charge on any atom is 0.321 e. The highest BCUT2D eigenvalue weighted by Gasteiger charge is 2.35. The highest BCUT2D eigenvalue weighted by molar-refractivity contribution is 5.96. The Morgan fingerprint density at radius 1 is 1.43 bits per heavy atom. The molecule has 1 saturated heterocycles. The van der Waals surface area contributed by atoms with E-state index in [2.05, 4.69) is 10.3 Å². The molecule has 0 radical (unpaired) electrons. The van der Waals surface area contributed by atoms with Gasteiger partial charge in [0.05, 0.1) is 0 Å². The second-order valence-corrected chi connectivity index (χ2v) is 4.97. The van der Waals surface area contributed by atoms with Crippen LogP contribution in [0, 0.1) is 10.1 Å². The molecular weight excluding hydrogens is 278 g/mol. The molecule has 21 heavy (non-hydrogen) atoms. The van der Waals surface area contributed by atoms with Crippen LogP contribution < -0.4 is 5.32 Å². The van der Waals surface area contributed by atoms with E-state index in [1.54, 1.807) is 14.1 Å². The minimum atomic E-state index is -0.608. The summed E-state index contributed by atoms with van der Waals surface area (Å²) in [6.07, 6.45) is 0. The Kier molecular flexibility index (Phi) is 4.22. The summed E-state index contributed by atoms with van der Waals surface area (Å²) in [4.78, 5) is 40.0. The number of likely N-dealkylation sites (N-methyl/N-ethyl adjacent to an activating group) is 1. The van der Waals surface area contributed by atoms with E-state index in [1.165, 1.54) is 21.9 Å². The third-order valence-corrected chi connectivity index (χ3v) is 3.33. The summed E-state index contributed by atoms with van der Waals surface area (Å²) < 4.78 is 0. The lowest BCUT2D eigenvalue weighted by Gasteiger charge is -2.35. The van der Waals surface area contributed by atoms with E-state index in [0.29, 0.717) is 19.6 Å². The van der Waals surface area contributed by atoms with Crippen molar-refractivity contribution in [1.82, 2.24) is 20.1 Å². The van der Waals surface area contributed by atoms with E-state index in [4.69, 9.17) is 0 Å². The summed E-state index contributed by atoms with van der Waals surface area (Å²) in [6.45, 7) is 1.31. The van der Waals surface area contributed by atoms with Crippen LogP contribution >= 0.6 is 0 Å². The maximum atomic E-state index is 12.4. The second kappa shape index (κ2) is 5.92. The van der Waals surface area contributed by atoms with E-state index in [9.17, 15) is 19.7 Å². The van der Waals surface area contributed by atoms with Crippen LogP contribution in [0.25, 0.3) is 0 Å². The molecule has 0 saturated carbocycles. The van der Waals surface area contributed by atoms with Crippen LogP contribution in [0.1, 0.15) is 10.5 Å². The van der Waals surface area contributed by atoms with Gasteiger partial charge in [0.1, 0.15) is 6.04 Å². The molecule has 0 aliphatic carbocycles. The zero-order valence-electron chi connectivity index (χ0n) is 11.8. The van der Waals surface area contributed by atoms with Gasteiger partial charge in [-0.2, -0.15) is 0 Å². The SMILES string of the molecule is CN(C)C(=O)C1CNCCN1C(=O)c1ccc([N+](=O)[O-])[nH]1. The first kappa shape index (κ1) is 15.0. The van der Waals surface area contributed by atoms with Gasteiger partial charge in [-0.1, -0.05) is 0 Å². The maximum absolute atomic E-state index is 12.4. The summed E-state index contributed by atoms with van der Waals surface area (Å²) in [5.74, 6) is -0.842. The molecule has 2 N–H and O–H groups in total. The third-order valence-electron chi connectivity index (χ3n) is 3.33. The highest BCUT2D eigenvalue weighted by Crippen LogP contribution is 2.15. The molecule has 0 aromatic carbocycles. The van der Waals surface area contributed by atoms with Crippen LogP contribution in [-0.4, -0.2) is 71.3 Å². The first-order chi connectivity index (χ1) is 9.91. The number of carbonyl (C=O) groups is 2. The number of hydrogen-bond donors (Lipinski definition) is 2. The van der Waals surface area contributed by atoms with Crippen LogP contribution in [0.4, 0.5) is 5.82 Å². The predicted molar refractivity (Wildman–Crippen MR) is 73.8 cm³/mol. The molecule has 1 aliphatic heterocycles. The van der Waals surface area contributed by atoms with Crippen molar-refractivity contribution in [3.05, 3.63) is 27.9 Å². The second-order valence-electron chi connectivity index (χ2n) is 4.97. The highest BCUT2D eigenvalue weighted by atomic mass is 16.6. The summed E-state index contributed by atoms with van der Waals surface area (Å²) >= 11 is 0.